The first-order chi connectivity index (χ1) is 12.1. The number of nitrogens with one attached hydrogen (secondary N) is 2. The van der Waals surface area contributed by atoms with Gasteiger partial charge in [0, 0.05) is 30.9 Å². The molecule has 2 aliphatic heterocycles. The van der Waals surface area contributed by atoms with Gasteiger partial charge in [0.15, 0.2) is 0 Å². The summed E-state index contributed by atoms with van der Waals surface area (Å²) in [6.07, 6.45) is -3.14. The second-order valence-electron chi connectivity index (χ2n) is 6.50. The Bertz CT molecular complexity index is 775. The molecule has 2 aliphatic rings. The van der Waals surface area contributed by atoms with E-state index < -0.39 is 22.9 Å². The fraction of sp³-hybridized carbons (Fsp3) is 0.412. The van der Waals surface area contributed by atoms with Crippen LogP contribution in [0.2, 0.25) is 0 Å². The molecule has 0 spiro atoms. The van der Waals surface area contributed by atoms with Crippen LogP contribution < -0.4 is 15.5 Å². The number of amides is 2. The molecule has 0 aromatic heterocycles. The number of benzene rings is 1. The summed E-state index contributed by atoms with van der Waals surface area (Å²) >= 11 is 0.688. The Hall–Kier alpha value is -1.71. The minimum absolute atomic E-state index is 0. The van der Waals surface area contributed by atoms with Crippen LogP contribution >= 0.6 is 24.2 Å². The van der Waals surface area contributed by atoms with Crippen molar-refractivity contribution >= 4 is 47.1 Å². The van der Waals surface area contributed by atoms with Gasteiger partial charge in [-0.05, 0) is 55.4 Å². The minimum atomic E-state index is -4.49. The van der Waals surface area contributed by atoms with Gasteiger partial charge in [0.05, 0.1) is 10.5 Å². The number of anilines is 1. The van der Waals surface area contributed by atoms with Gasteiger partial charge in [-0.3, -0.25) is 14.9 Å². The number of nitrogens with zero attached hydrogens (tertiary/aromatic N) is 1. The summed E-state index contributed by atoms with van der Waals surface area (Å²) in [5.74, 6) is -0.592. The van der Waals surface area contributed by atoms with E-state index in [1.165, 1.54) is 12.1 Å². The maximum absolute atomic E-state index is 13.1. The lowest BCUT2D eigenvalue weighted by Gasteiger charge is -2.38. The number of carbonyl (C=O) groups excluding carboxylic acids is 2. The summed E-state index contributed by atoms with van der Waals surface area (Å²) in [5.41, 5.74) is 0.0889. The standard InChI is InChI=1S/C17H18F3N3O2S.ClH/c1-9-7-23(8-10(2)21-9)13-4-3-12(17(18,19)20)5-11(13)6-14-15(24)22-16(25)26-14;/h3-6,9-10,21H,7-8H2,1-2H3,(H,22,24,25);1H/t9-,10+;. The molecule has 0 unspecified atom stereocenters. The van der Waals surface area contributed by atoms with Gasteiger partial charge in [0.1, 0.15) is 0 Å². The van der Waals surface area contributed by atoms with Crippen LogP contribution in [0.25, 0.3) is 6.08 Å². The highest BCUT2D eigenvalue weighted by molar-refractivity contribution is 8.18. The van der Waals surface area contributed by atoms with Crippen molar-refractivity contribution in [1.82, 2.24) is 10.6 Å². The quantitative estimate of drug-likeness (QED) is 0.714. The molecular formula is C17H19ClF3N3O2S. The predicted octanol–water partition coefficient (Wildman–Crippen LogP) is 3.64. The number of hydrogen-bond donors (Lipinski definition) is 2. The number of halogens is 4. The Morgan fingerprint density at radius 2 is 1.81 bits per heavy atom. The Balaban J connectivity index is 0.00000261. The van der Waals surface area contributed by atoms with Crippen molar-refractivity contribution < 1.29 is 22.8 Å². The summed E-state index contributed by atoms with van der Waals surface area (Å²) in [7, 11) is 0. The zero-order valence-electron chi connectivity index (χ0n) is 14.6. The molecule has 27 heavy (non-hydrogen) atoms. The van der Waals surface area contributed by atoms with Crippen LogP contribution in [0.3, 0.4) is 0 Å². The van der Waals surface area contributed by atoms with Crippen molar-refractivity contribution in [3.8, 4) is 0 Å². The Kier molecular flexibility index (Phi) is 6.49. The monoisotopic (exact) mass is 421 g/mol. The van der Waals surface area contributed by atoms with Crippen LogP contribution in [0, 0.1) is 0 Å². The van der Waals surface area contributed by atoms with Crippen molar-refractivity contribution in [1.29, 1.82) is 0 Å². The summed E-state index contributed by atoms with van der Waals surface area (Å²) in [6, 6.07) is 3.84. The van der Waals surface area contributed by atoms with E-state index in [0.29, 0.717) is 30.5 Å². The molecule has 0 bridgehead atoms. The third kappa shape index (κ3) is 4.97. The van der Waals surface area contributed by atoms with Crippen molar-refractivity contribution in [3.63, 3.8) is 0 Å². The largest absolute Gasteiger partial charge is 0.416 e. The number of carbonyl (C=O) groups is 2. The molecule has 2 saturated heterocycles. The summed E-state index contributed by atoms with van der Waals surface area (Å²) in [4.78, 5) is 25.2. The van der Waals surface area contributed by atoms with Gasteiger partial charge in [0.2, 0.25) is 0 Å². The lowest BCUT2D eigenvalue weighted by molar-refractivity contribution is -0.137. The molecule has 2 atom stereocenters. The van der Waals surface area contributed by atoms with E-state index in [9.17, 15) is 22.8 Å². The smallest absolute Gasteiger partial charge is 0.368 e. The fourth-order valence-electron chi connectivity index (χ4n) is 3.22. The molecule has 3 rings (SSSR count). The number of rotatable bonds is 2. The molecule has 2 fully saturated rings. The average Bonchev–Trinajstić information content (AvgIpc) is 2.83. The van der Waals surface area contributed by atoms with Gasteiger partial charge in [-0.15, -0.1) is 12.4 Å². The average molecular weight is 422 g/mol. The number of hydrogen-bond acceptors (Lipinski definition) is 5. The second kappa shape index (κ2) is 8.12. The third-order valence-corrected chi connectivity index (χ3v) is 4.99. The first-order valence-electron chi connectivity index (χ1n) is 8.10. The molecule has 2 N–H and O–H groups in total. The van der Waals surface area contributed by atoms with E-state index in [-0.39, 0.29) is 35.0 Å². The van der Waals surface area contributed by atoms with Gasteiger partial charge in [0.25, 0.3) is 11.1 Å². The summed E-state index contributed by atoms with van der Waals surface area (Å²) < 4.78 is 39.4. The number of alkyl halides is 3. The van der Waals surface area contributed by atoms with E-state index in [2.05, 4.69) is 10.6 Å². The zero-order valence-corrected chi connectivity index (χ0v) is 16.2. The maximum Gasteiger partial charge on any atom is 0.416 e. The molecule has 1 aromatic rings. The third-order valence-electron chi connectivity index (χ3n) is 4.18. The van der Waals surface area contributed by atoms with Gasteiger partial charge in [-0.25, -0.2) is 0 Å². The minimum Gasteiger partial charge on any atom is -0.368 e. The number of piperazine rings is 1. The van der Waals surface area contributed by atoms with E-state index in [1.54, 1.807) is 0 Å². The SMILES string of the molecule is C[C@@H]1CN(c2ccc(C(F)(F)F)cc2C=C2SC(=O)NC2=O)C[C@H](C)N1.Cl. The van der Waals surface area contributed by atoms with Gasteiger partial charge in [-0.2, -0.15) is 13.2 Å². The van der Waals surface area contributed by atoms with Gasteiger partial charge >= 0.3 is 6.18 Å². The molecule has 0 radical (unpaired) electrons. The Morgan fingerprint density at radius 3 is 2.33 bits per heavy atom. The van der Waals surface area contributed by atoms with Crippen LogP contribution in [0.5, 0.6) is 0 Å². The van der Waals surface area contributed by atoms with E-state index in [0.717, 1.165) is 12.1 Å². The molecule has 2 heterocycles. The first kappa shape index (κ1) is 21.6. The Labute approximate surface area is 165 Å². The number of thioether (sulfide) groups is 1. The predicted molar refractivity (Wildman–Crippen MR) is 102 cm³/mol. The molecule has 148 valence electrons. The highest BCUT2D eigenvalue weighted by Gasteiger charge is 2.32. The van der Waals surface area contributed by atoms with Crippen molar-refractivity contribution in [2.75, 3.05) is 18.0 Å². The molecule has 10 heteroatoms. The van der Waals surface area contributed by atoms with Crippen molar-refractivity contribution in [2.24, 2.45) is 0 Å². The highest BCUT2D eigenvalue weighted by atomic mass is 35.5. The molecule has 0 aliphatic carbocycles. The van der Waals surface area contributed by atoms with Crippen LogP contribution in [-0.4, -0.2) is 36.3 Å². The first-order valence-corrected chi connectivity index (χ1v) is 8.92. The van der Waals surface area contributed by atoms with Crippen LogP contribution in [0.4, 0.5) is 23.7 Å². The van der Waals surface area contributed by atoms with Crippen molar-refractivity contribution in [2.45, 2.75) is 32.1 Å². The normalized spacial score (nSPS) is 24.8. The van der Waals surface area contributed by atoms with Crippen LogP contribution in [0.1, 0.15) is 25.0 Å². The van der Waals surface area contributed by atoms with Crippen LogP contribution in [-0.2, 0) is 11.0 Å². The van der Waals surface area contributed by atoms with Crippen molar-refractivity contribution in [3.05, 3.63) is 34.2 Å². The Morgan fingerprint density at radius 1 is 1.19 bits per heavy atom. The molecule has 5 nitrogen and oxygen atoms in total. The molecule has 2 amide bonds. The topological polar surface area (TPSA) is 61.4 Å². The lowest BCUT2D eigenvalue weighted by atomic mass is 10.0. The second-order valence-corrected chi connectivity index (χ2v) is 7.51. The molecule has 0 saturated carbocycles. The molecular weight excluding hydrogens is 403 g/mol. The summed E-state index contributed by atoms with van der Waals surface area (Å²) in [6.45, 7) is 5.27. The lowest BCUT2D eigenvalue weighted by Crippen LogP contribution is -2.54. The van der Waals surface area contributed by atoms with E-state index in [1.807, 2.05) is 18.7 Å². The molecule has 1 aromatic carbocycles. The van der Waals surface area contributed by atoms with E-state index in [4.69, 9.17) is 0 Å². The number of imide groups is 1. The maximum atomic E-state index is 13.1. The summed E-state index contributed by atoms with van der Waals surface area (Å²) in [5, 5.41) is 4.96. The van der Waals surface area contributed by atoms with Gasteiger partial charge < -0.3 is 10.2 Å². The highest BCUT2D eigenvalue weighted by Crippen LogP contribution is 2.36. The van der Waals surface area contributed by atoms with Crippen LogP contribution in [0.15, 0.2) is 23.1 Å². The van der Waals surface area contributed by atoms with E-state index >= 15 is 0 Å². The zero-order chi connectivity index (χ0) is 19.1. The van der Waals surface area contributed by atoms with Gasteiger partial charge in [-0.1, -0.05) is 0 Å². The fourth-order valence-corrected chi connectivity index (χ4v) is 3.89.